The molecule has 20 heavy (non-hydrogen) atoms. The predicted molar refractivity (Wildman–Crippen MR) is 80.2 cm³/mol. The Morgan fingerprint density at radius 2 is 1.95 bits per heavy atom. The van der Waals surface area contributed by atoms with Crippen molar-refractivity contribution in [2.24, 2.45) is 5.92 Å². The van der Waals surface area contributed by atoms with Gasteiger partial charge in [-0.1, -0.05) is 0 Å². The van der Waals surface area contributed by atoms with Crippen LogP contribution in [0.1, 0.15) is 40.5 Å². The Balaban J connectivity index is 1.85. The van der Waals surface area contributed by atoms with Gasteiger partial charge in [0.05, 0.1) is 17.5 Å². The number of ether oxygens (including phenoxy) is 1. The Bertz CT molecular complexity index is 459. The smallest absolute Gasteiger partial charge is 0.211 e. The van der Waals surface area contributed by atoms with Crippen LogP contribution in [0.3, 0.4) is 0 Å². The van der Waals surface area contributed by atoms with Crippen LogP contribution >= 0.6 is 0 Å². The van der Waals surface area contributed by atoms with Crippen LogP contribution in [0.5, 0.6) is 0 Å². The van der Waals surface area contributed by atoms with Gasteiger partial charge in [0.25, 0.3) is 0 Å². The molecule has 0 bridgehead atoms. The molecule has 0 spiro atoms. The average molecular weight is 304 g/mol. The highest BCUT2D eigenvalue weighted by atomic mass is 32.2. The Morgan fingerprint density at radius 3 is 2.40 bits per heavy atom. The summed E-state index contributed by atoms with van der Waals surface area (Å²) >= 11 is 0. The average Bonchev–Trinajstić information content (AvgIpc) is 2.76. The molecule has 1 N–H and O–H groups in total. The van der Waals surface area contributed by atoms with Crippen molar-refractivity contribution in [1.29, 1.82) is 0 Å². The molecule has 2 rings (SSSR count). The SMILES string of the molecule is CC1(C)C[C@H](NC[C@H]2CCN(S(C)(=O)=O)C2)C(C)(C)O1. The molecule has 6 heteroatoms. The highest BCUT2D eigenvalue weighted by molar-refractivity contribution is 7.88. The molecule has 2 aliphatic heterocycles. The van der Waals surface area contributed by atoms with Crippen molar-refractivity contribution in [1.82, 2.24) is 9.62 Å². The Morgan fingerprint density at radius 1 is 1.30 bits per heavy atom. The zero-order valence-electron chi connectivity index (χ0n) is 13.3. The van der Waals surface area contributed by atoms with Gasteiger partial charge in [-0.05, 0) is 53.0 Å². The van der Waals surface area contributed by atoms with Crippen LogP contribution < -0.4 is 5.32 Å². The van der Waals surface area contributed by atoms with E-state index in [-0.39, 0.29) is 11.2 Å². The summed E-state index contributed by atoms with van der Waals surface area (Å²) in [5, 5.41) is 3.59. The van der Waals surface area contributed by atoms with E-state index in [2.05, 4.69) is 33.0 Å². The van der Waals surface area contributed by atoms with E-state index in [0.717, 1.165) is 19.4 Å². The zero-order valence-corrected chi connectivity index (χ0v) is 14.1. The lowest BCUT2D eigenvalue weighted by Crippen LogP contribution is -2.45. The van der Waals surface area contributed by atoms with E-state index in [1.165, 1.54) is 6.26 Å². The second kappa shape index (κ2) is 5.23. The van der Waals surface area contributed by atoms with Crippen LogP contribution in [-0.4, -0.2) is 55.9 Å². The van der Waals surface area contributed by atoms with E-state index in [1.54, 1.807) is 4.31 Å². The van der Waals surface area contributed by atoms with Crippen LogP contribution in [-0.2, 0) is 14.8 Å². The van der Waals surface area contributed by atoms with Gasteiger partial charge < -0.3 is 10.1 Å². The number of rotatable bonds is 4. The fourth-order valence-electron chi connectivity index (χ4n) is 3.45. The second-order valence-corrected chi connectivity index (χ2v) is 9.39. The first-order valence-corrected chi connectivity index (χ1v) is 9.23. The van der Waals surface area contributed by atoms with Crippen LogP contribution in [0, 0.1) is 5.92 Å². The normalized spacial score (nSPS) is 33.6. The minimum atomic E-state index is -3.03. The fourth-order valence-corrected chi connectivity index (χ4v) is 4.37. The van der Waals surface area contributed by atoms with Crippen LogP contribution in [0.4, 0.5) is 0 Å². The van der Waals surface area contributed by atoms with Gasteiger partial charge in [0.15, 0.2) is 0 Å². The van der Waals surface area contributed by atoms with Crippen molar-refractivity contribution in [3.05, 3.63) is 0 Å². The van der Waals surface area contributed by atoms with Crippen LogP contribution in [0.2, 0.25) is 0 Å². The summed E-state index contributed by atoms with van der Waals surface area (Å²) in [6, 6.07) is 0.324. The first kappa shape index (κ1) is 16.2. The van der Waals surface area contributed by atoms with Gasteiger partial charge in [0, 0.05) is 19.1 Å². The standard InChI is InChI=1S/C14H28N2O3S/c1-13(2)8-12(14(3,4)19-13)15-9-11-6-7-16(10-11)20(5,17)18/h11-12,15H,6-10H2,1-5H3/t11-,12+/m1/s1. The molecule has 118 valence electrons. The molecule has 2 aliphatic rings. The monoisotopic (exact) mass is 304 g/mol. The molecule has 0 aliphatic carbocycles. The van der Waals surface area contributed by atoms with Crippen molar-refractivity contribution in [2.45, 2.75) is 57.8 Å². The molecular weight excluding hydrogens is 276 g/mol. The van der Waals surface area contributed by atoms with E-state index >= 15 is 0 Å². The van der Waals surface area contributed by atoms with Crippen molar-refractivity contribution < 1.29 is 13.2 Å². The Hall–Kier alpha value is -0.170. The van der Waals surface area contributed by atoms with Crippen LogP contribution in [0.15, 0.2) is 0 Å². The molecule has 0 radical (unpaired) electrons. The minimum absolute atomic E-state index is 0.0877. The molecular formula is C14H28N2O3S. The molecule has 2 fully saturated rings. The van der Waals surface area contributed by atoms with E-state index in [1.807, 2.05) is 0 Å². The highest BCUT2D eigenvalue weighted by Gasteiger charge is 2.45. The lowest BCUT2D eigenvalue weighted by molar-refractivity contribution is -0.0699. The fraction of sp³-hybridized carbons (Fsp3) is 1.00. The maximum absolute atomic E-state index is 11.5. The largest absolute Gasteiger partial charge is 0.368 e. The van der Waals surface area contributed by atoms with E-state index in [4.69, 9.17) is 4.74 Å². The van der Waals surface area contributed by atoms with Gasteiger partial charge in [0.1, 0.15) is 0 Å². The summed E-state index contributed by atoms with van der Waals surface area (Å²) in [6.45, 7) is 10.6. The summed E-state index contributed by atoms with van der Waals surface area (Å²) in [4.78, 5) is 0. The third-order valence-electron chi connectivity index (χ3n) is 4.44. The van der Waals surface area contributed by atoms with Gasteiger partial charge in [-0.25, -0.2) is 12.7 Å². The van der Waals surface area contributed by atoms with Crippen molar-refractivity contribution in [2.75, 3.05) is 25.9 Å². The lowest BCUT2D eigenvalue weighted by atomic mass is 9.94. The molecule has 0 unspecified atom stereocenters. The number of hydrogen-bond donors (Lipinski definition) is 1. The Kier molecular flexibility index (Phi) is 4.24. The van der Waals surface area contributed by atoms with Gasteiger partial charge >= 0.3 is 0 Å². The van der Waals surface area contributed by atoms with Gasteiger partial charge in [-0.2, -0.15) is 0 Å². The van der Waals surface area contributed by atoms with E-state index < -0.39 is 10.0 Å². The summed E-state index contributed by atoms with van der Waals surface area (Å²) in [7, 11) is -3.03. The quantitative estimate of drug-likeness (QED) is 0.848. The Labute approximate surface area is 123 Å². The van der Waals surface area contributed by atoms with Gasteiger partial charge in [-0.15, -0.1) is 0 Å². The molecule has 0 aromatic rings. The molecule has 2 saturated heterocycles. The zero-order chi connectivity index (χ0) is 15.2. The lowest BCUT2D eigenvalue weighted by Gasteiger charge is -2.28. The molecule has 0 aromatic carbocycles. The molecule has 0 aromatic heterocycles. The number of nitrogens with one attached hydrogen (secondary N) is 1. The molecule has 0 saturated carbocycles. The second-order valence-electron chi connectivity index (χ2n) is 7.41. The van der Waals surface area contributed by atoms with E-state index in [9.17, 15) is 8.42 Å². The number of nitrogens with zero attached hydrogens (tertiary/aromatic N) is 1. The maximum Gasteiger partial charge on any atom is 0.211 e. The molecule has 0 amide bonds. The minimum Gasteiger partial charge on any atom is -0.368 e. The third kappa shape index (κ3) is 3.72. The van der Waals surface area contributed by atoms with Crippen molar-refractivity contribution in [3.63, 3.8) is 0 Å². The summed E-state index contributed by atoms with van der Waals surface area (Å²) < 4.78 is 30.7. The third-order valence-corrected chi connectivity index (χ3v) is 5.71. The first-order valence-electron chi connectivity index (χ1n) is 7.38. The predicted octanol–water partition coefficient (Wildman–Crippen LogP) is 1.20. The highest BCUT2D eigenvalue weighted by Crippen LogP contribution is 2.37. The van der Waals surface area contributed by atoms with Gasteiger partial charge in [-0.3, -0.25) is 0 Å². The van der Waals surface area contributed by atoms with E-state index in [0.29, 0.717) is 25.0 Å². The van der Waals surface area contributed by atoms with Crippen molar-refractivity contribution >= 4 is 10.0 Å². The summed E-state index contributed by atoms with van der Waals surface area (Å²) in [5.74, 6) is 0.407. The van der Waals surface area contributed by atoms with Crippen molar-refractivity contribution in [3.8, 4) is 0 Å². The van der Waals surface area contributed by atoms with Crippen LogP contribution in [0.25, 0.3) is 0 Å². The summed E-state index contributed by atoms with van der Waals surface area (Å²) in [5.41, 5.74) is -0.256. The summed E-state index contributed by atoms with van der Waals surface area (Å²) in [6.07, 6.45) is 3.22. The number of sulfonamides is 1. The molecule has 2 heterocycles. The first-order chi connectivity index (χ1) is 9.00. The number of hydrogen-bond acceptors (Lipinski definition) is 4. The topological polar surface area (TPSA) is 58.6 Å². The maximum atomic E-state index is 11.5. The molecule has 2 atom stereocenters. The molecule has 5 nitrogen and oxygen atoms in total. The van der Waals surface area contributed by atoms with Gasteiger partial charge in [0.2, 0.25) is 10.0 Å².